The van der Waals surface area contributed by atoms with E-state index in [9.17, 15) is 9.18 Å². The summed E-state index contributed by atoms with van der Waals surface area (Å²) in [7, 11) is 1.66. The molecule has 1 N–H and O–H groups in total. The van der Waals surface area contributed by atoms with Gasteiger partial charge in [-0.1, -0.05) is 11.6 Å². The van der Waals surface area contributed by atoms with E-state index in [1.807, 2.05) is 0 Å². The van der Waals surface area contributed by atoms with Gasteiger partial charge in [0.15, 0.2) is 0 Å². The minimum absolute atomic E-state index is 0.295. The summed E-state index contributed by atoms with van der Waals surface area (Å²) in [5.41, 5.74) is 1.07. The highest BCUT2D eigenvalue weighted by Crippen LogP contribution is 2.22. The second-order valence-corrected chi connectivity index (χ2v) is 4.53. The van der Waals surface area contributed by atoms with Gasteiger partial charge in [0.2, 0.25) is 0 Å². The molecule has 0 bridgehead atoms. The minimum atomic E-state index is -0.920. The van der Waals surface area contributed by atoms with Crippen molar-refractivity contribution in [2.24, 2.45) is 0 Å². The van der Waals surface area contributed by atoms with Crippen LogP contribution in [0.2, 0.25) is 5.02 Å². The van der Waals surface area contributed by atoms with Crippen LogP contribution in [0.25, 0.3) is 0 Å². The van der Waals surface area contributed by atoms with E-state index in [1.165, 1.54) is 6.07 Å². The summed E-state index contributed by atoms with van der Waals surface area (Å²) in [5.74, 6) is -1.25. The second kappa shape index (κ2) is 5.47. The minimum Gasteiger partial charge on any atom is -0.480 e. The number of nitrogens with zero attached hydrogens (tertiary/aromatic N) is 1. The Morgan fingerprint density at radius 2 is 2.18 bits per heavy atom. The zero-order valence-electron chi connectivity index (χ0n) is 10.00. The third-order valence-electron chi connectivity index (χ3n) is 2.77. The molecule has 0 aliphatic carbocycles. The van der Waals surface area contributed by atoms with Crippen LogP contribution in [-0.4, -0.2) is 29.1 Å². The molecule has 0 heterocycles. The largest absolute Gasteiger partial charge is 0.480 e. The number of carboxylic acids is 1. The SMILES string of the molecule is Cc1cc(Cl)c(CN(C)C(C)C(=O)O)cc1F. The lowest BCUT2D eigenvalue weighted by Gasteiger charge is -2.21. The molecule has 0 saturated carbocycles. The normalized spacial score (nSPS) is 12.8. The van der Waals surface area contributed by atoms with Crippen molar-refractivity contribution in [3.63, 3.8) is 0 Å². The van der Waals surface area contributed by atoms with Crippen molar-refractivity contribution in [3.05, 3.63) is 34.1 Å². The summed E-state index contributed by atoms with van der Waals surface area (Å²) in [4.78, 5) is 12.4. The predicted octanol–water partition coefficient (Wildman–Crippen LogP) is 2.69. The van der Waals surface area contributed by atoms with E-state index in [-0.39, 0.29) is 5.82 Å². The average Bonchev–Trinajstić information content (AvgIpc) is 2.24. The number of hydrogen-bond acceptors (Lipinski definition) is 2. The van der Waals surface area contributed by atoms with Gasteiger partial charge in [0.05, 0.1) is 0 Å². The van der Waals surface area contributed by atoms with E-state index in [0.717, 1.165) is 0 Å². The van der Waals surface area contributed by atoms with Gasteiger partial charge < -0.3 is 5.11 Å². The molecule has 0 aliphatic heterocycles. The standard InChI is InChI=1S/C12H15ClFNO2/c1-7-4-10(13)9(5-11(7)14)6-15(3)8(2)12(16)17/h4-5,8H,6H2,1-3H3,(H,16,17). The Hall–Kier alpha value is -1.13. The molecule has 1 aromatic rings. The monoisotopic (exact) mass is 259 g/mol. The van der Waals surface area contributed by atoms with E-state index in [1.54, 1.807) is 31.9 Å². The van der Waals surface area contributed by atoms with Gasteiger partial charge in [0.25, 0.3) is 0 Å². The van der Waals surface area contributed by atoms with Crippen LogP contribution in [0.5, 0.6) is 0 Å². The van der Waals surface area contributed by atoms with E-state index in [4.69, 9.17) is 16.7 Å². The van der Waals surface area contributed by atoms with Gasteiger partial charge in [-0.15, -0.1) is 0 Å². The molecule has 3 nitrogen and oxygen atoms in total. The van der Waals surface area contributed by atoms with Crippen LogP contribution in [0.4, 0.5) is 4.39 Å². The molecular formula is C12H15ClFNO2. The summed E-state index contributed by atoms with van der Waals surface area (Å²) in [6.07, 6.45) is 0. The van der Waals surface area contributed by atoms with Crippen LogP contribution in [0, 0.1) is 12.7 Å². The molecule has 0 saturated heterocycles. The first kappa shape index (κ1) is 13.9. The fourth-order valence-corrected chi connectivity index (χ4v) is 1.68. The first-order chi connectivity index (χ1) is 7.82. The summed E-state index contributed by atoms with van der Waals surface area (Å²) in [6, 6.07) is 2.25. The molecule has 1 unspecified atom stereocenters. The molecule has 94 valence electrons. The van der Waals surface area contributed by atoms with Crippen LogP contribution in [0.3, 0.4) is 0 Å². The predicted molar refractivity (Wildman–Crippen MR) is 64.7 cm³/mol. The topological polar surface area (TPSA) is 40.5 Å². The quantitative estimate of drug-likeness (QED) is 0.904. The Morgan fingerprint density at radius 3 is 2.71 bits per heavy atom. The highest BCUT2D eigenvalue weighted by Gasteiger charge is 2.18. The Labute approximate surface area is 105 Å². The van der Waals surface area contributed by atoms with Crippen molar-refractivity contribution < 1.29 is 14.3 Å². The summed E-state index contributed by atoms with van der Waals surface area (Å²) < 4.78 is 13.4. The number of likely N-dealkylation sites (N-methyl/N-ethyl adjacent to an activating group) is 1. The number of hydrogen-bond donors (Lipinski definition) is 1. The van der Waals surface area contributed by atoms with Crippen LogP contribution in [-0.2, 0) is 11.3 Å². The number of benzene rings is 1. The van der Waals surface area contributed by atoms with Crippen LogP contribution < -0.4 is 0 Å². The maximum atomic E-state index is 13.4. The first-order valence-electron chi connectivity index (χ1n) is 5.20. The molecule has 0 amide bonds. The fraction of sp³-hybridized carbons (Fsp3) is 0.417. The lowest BCUT2D eigenvalue weighted by molar-refractivity contribution is -0.142. The molecule has 5 heteroatoms. The lowest BCUT2D eigenvalue weighted by Crippen LogP contribution is -2.35. The summed E-state index contributed by atoms with van der Waals surface area (Å²) in [5, 5.41) is 9.30. The molecular weight excluding hydrogens is 245 g/mol. The Balaban J connectivity index is 2.88. The maximum absolute atomic E-state index is 13.4. The smallest absolute Gasteiger partial charge is 0.320 e. The molecule has 1 atom stereocenters. The van der Waals surface area contributed by atoms with Gasteiger partial charge in [0, 0.05) is 11.6 Å². The lowest BCUT2D eigenvalue weighted by atomic mass is 10.1. The molecule has 1 rings (SSSR count). The summed E-state index contributed by atoms with van der Waals surface area (Å²) >= 11 is 5.99. The van der Waals surface area contributed by atoms with E-state index in [2.05, 4.69) is 0 Å². The van der Waals surface area contributed by atoms with Gasteiger partial charge in [-0.3, -0.25) is 9.69 Å². The average molecular weight is 260 g/mol. The Morgan fingerprint density at radius 1 is 1.59 bits per heavy atom. The highest BCUT2D eigenvalue weighted by molar-refractivity contribution is 6.31. The van der Waals surface area contributed by atoms with Gasteiger partial charge in [-0.25, -0.2) is 4.39 Å². The van der Waals surface area contributed by atoms with E-state index < -0.39 is 12.0 Å². The number of rotatable bonds is 4. The number of aryl methyl sites for hydroxylation is 1. The molecule has 0 fully saturated rings. The molecule has 17 heavy (non-hydrogen) atoms. The van der Waals surface area contributed by atoms with Crippen molar-refractivity contribution in [3.8, 4) is 0 Å². The van der Waals surface area contributed by atoms with E-state index in [0.29, 0.717) is 22.7 Å². The van der Waals surface area contributed by atoms with Crippen LogP contribution in [0.15, 0.2) is 12.1 Å². The van der Waals surface area contributed by atoms with Gasteiger partial charge in [-0.05, 0) is 44.2 Å². The highest BCUT2D eigenvalue weighted by atomic mass is 35.5. The van der Waals surface area contributed by atoms with Gasteiger partial charge in [-0.2, -0.15) is 0 Å². The fourth-order valence-electron chi connectivity index (χ4n) is 1.40. The zero-order valence-corrected chi connectivity index (χ0v) is 10.8. The van der Waals surface area contributed by atoms with Crippen molar-refractivity contribution in [2.45, 2.75) is 26.4 Å². The van der Waals surface area contributed by atoms with Crippen molar-refractivity contribution in [1.29, 1.82) is 0 Å². The molecule has 0 aromatic heterocycles. The van der Waals surface area contributed by atoms with Crippen LogP contribution >= 0.6 is 11.6 Å². The van der Waals surface area contributed by atoms with Gasteiger partial charge >= 0.3 is 5.97 Å². The molecule has 0 spiro atoms. The van der Waals surface area contributed by atoms with Crippen LogP contribution in [0.1, 0.15) is 18.1 Å². The maximum Gasteiger partial charge on any atom is 0.320 e. The Kier molecular flexibility index (Phi) is 4.48. The molecule has 1 aromatic carbocycles. The van der Waals surface area contributed by atoms with Crippen molar-refractivity contribution >= 4 is 17.6 Å². The molecule has 0 aliphatic rings. The van der Waals surface area contributed by atoms with E-state index >= 15 is 0 Å². The third kappa shape index (κ3) is 3.41. The third-order valence-corrected chi connectivity index (χ3v) is 3.12. The van der Waals surface area contributed by atoms with Crippen molar-refractivity contribution in [2.75, 3.05) is 7.05 Å². The summed E-state index contributed by atoms with van der Waals surface area (Å²) in [6.45, 7) is 3.50. The number of carboxylic acid groups (broad SMARTS) is 1. The van der Waals surface area contributed by atoms with Crippen molar-refractivity contribution in [1.82, 2.24) is 4.90 Å². The number of carbonyl (C=O) groups is 1. The second-order valence-electron chi connectivity index (χ2n) is 4.12. The zero-order chi connectivity index (χ0) is 13.2. The number of aliphatic carboxylic acids is 1. The molecule has 0 radical (unpaired) electrons. The Bertz CT molecular complexity index is 437. The first-order valence-corrected chi connectivity index (χ1v) is 5.58. The number of halogens is 2. The van der Waals surface area contributed by atoms with Gasteiger partial charge in [0.1, 0.15) is 11.9 Å².